The summed E-state index contributed by atoms with van der Waals surface area (Å²) >= 11 is 0. The van der Waals surface area contributed by atoms with Crippen molar-refractivity contribution in [2.45, 2.75) is 32.6 Å². The number of ether oxygens (including phenoxy) is 2. The van der Waals surface area contributed by atoms with E-state index >= 15 is 0 Å². The van der Waals surface area contributed by atoms with Gasteiger partial charge in [0.2, 0.25) is 0 Å². The van der Waals surface area contributed by atoms with Crippen molar-refractivity contribution in [3.05, 3.63) is 53.1 Å². The molecule has 0 saturated carbocycles. The van der Waals surface area contributed by atoms with E-state index in [1.54, 1.807) is 19.1 Å². The van der Waals surface area contributed by atoms with E-state index in [1.165, 1.54) is 19.2 Å². The van der Waals surface area contributed by atoms with Crippen LogP contribution in [0.25, 0.3) is 0 Å². The maximum Gasteiger partial charge on any atom is 0.326 e. The van der Waals surface area contributed by atoms with Gasteiger partial charge in [0, 0.05) is 0 Å². The highest BCUT2D eigenvalue weighted by Crippen LogP contribution is 2.31. The molecule has 0 amide bonds. The molecule has 2 rings (SSSR count). The standard InChI is InChI=1S/C20H25NO5S/c1-6-26-19(22)13-21(20-15(3)11-14(2)12-16(20)4)27(23,24)18-9-7-17(25-5)8-10-18/h7-12H,6,13H2,1-5H3. The Morgan fingerprint density at radius 2 is 1.59 bits per heavy atom. The van der Waals surface area contributed by atoms with Crippen molar-refractivity contribution in [2.75, 3.05) is 24.6 Å². The minimum Gasteiger partial charge on any atom is -0.497 e. The molecule has 0 heterocycles. The zero-order chi connectivity index (χ0) is 20.2. The maximum absolute atomic E-state index is 13.3. The molecule has 0 bridgehead atoms. The number of esters is 1. The molecule has 0 spiro atoms. The van der Waals surface area contributed by atoms with Crippen molar-refractivity contribution < 1.29 is 22.7 Å². The van der Waals surface area contributed by atoms with Crippen molar-refractivity contribution in [2.24, 2.45) is 0 Å². The first-order valence-corrected chi connectivity index (χ1v) is 10.0. The van der Waals surface area contributed by atoms with Gasteiger partial charge in [-0.15, -0.1) is 0 Å². The van der Waals surface area contributed by atoms with Crippen LogP contribution in [-0.4, -0.2) is 34.6 Å². The monoisotopic (exact) mass is 391 g/mol. The fourth-order valence-electron chi connectivity index (χ4n) is 3.05. The number of nitrogens with zero attached hydrogens (tertiary/aromatic N) is 1. The zero-order valence-electron chi connectivity index (χ0n) is 16.3. The summed E-state index contributed by atoms with van der Waals surface area (Å²) in [6.45, 7) is 7.07. The molecule has 0 N–H and O–H groups in total. The molecule has 0 saturated heterocycles. The van der Waals surface area contributed by atoms with E-state index in [-0.39, 0.29) is 11.5 Å². The van der Waals surface area contributed by atoms with E-state index in [0.717, 1.165) is 21.0 Å². The molecule has 0 aliphatic heterocycles. The van der Waals surface area contributed by atoms with Crippen molar-refractivity contribution >= 4 is 21.7 Å². The number of hydrogen-bond acceptors (Lipinski definition) is 5. The minimum absolute atomic E-state index is 0.0759. The molecule has 2 aromatic carbocycles. The first-order valence-electron chi connectivity index (χ1n) is 8.61. The van der Waals surface area contributed by atoms with Gasteiger partial charge in [-0.1, -0.05) is 17.7 Å². The number of methoxy groups -OCH3 is 1. The van der Waals surface area contributed by atoms with E-state index in [0.29, 0.717) is 11.4 Å². The van der Waals surface area contributed by atoms with Gasteiger partial charge >= 0.3 is 5.97 Å². The second-order valence-corrected chi connectivity index (χ2v) is 8.10. The average Bonchev–Trinajstić information content (AvgIpc) is 2.60. The smallest absolute Gasteiger partial charge is 0.326 e. The number of benzene rings is 2. The third kappa shape index (κ3) is 4.60. The van der Waals surface area contributed by atoms with Crippen LogP contribution in [0, 0.1) is 20.8 Å². The van der Waals surface area contributed by atoms with Gasteiger partial charge in [-0.3, -0.25) is 9.10 Å². The number of sulfonamides is 1. The Hall–Kier alpha value is -2.54. The van der Waals surface area contributed by atoms with Crippen LogP contribution in [0.3, 0.4) is 0 Å². The molecule has 0 fully saturated rings. The Morgan fingerprint density at radius 1 is 1.04 bits per heavy atom. The molecule has 2 aromatic rings. The summed E-state index contributed by atoms with van der Waals surface area (Å²) in [5.74, 6) is -0.0532. The molecule has 27 heavy (non-hydrogen) atoms. The summed E-state index contributed by atoms with van der Waals surface area (Å²) in [7, 11) is -2.46. The Kier molecular flexibility index (Phi) is 6.49. The second-order valence-electron chi connectivity index (χ2n) is 6.24. The van der Waals surface area contributed by atoms with Gasteiger partial charge in [-0.2, -0.15) is 0 Å². The highest BCUT2D eigenvalue weighted by molar-refractivity contribution is 7.92. The van der Waals surface area contributed by atoms with Crippen LogP contribution >= 0.6 is 0 Å². The lowest BCUT2D eigenvalue weighted by molar-refractivity contribution is -0.141. The molecular formula is C20H25NO5S. The average molecular weight is 391 g/mol. The summed E-state index contributed by atoms with van der Waals surface area (Å²) in [4.78, 5) is 12.2. The van der Waals surface area contributed by atoms with E-state index in [2.05, 4.69) is 0 Å². The fraction of sp³-hybridized carbons (Fsp3) is 0.350. The van der Waals surface area contributed by atoms with Crippen LogP contribution in [-0.2, 0) is 19.6 Å². The van der Waals surface area contributed by atoms with Crippen molar-refractivity contribution in [3.8, 4) is 5.75 Å². The zero-order valence-corrected chi connectivity index (χ0v) is 17.1. The van der Waals surface area contributed by atoms with Gasteiger partial charge in [-0.05, 0) is 63.1 Å². The maximum atomic E-state index is 13.3. The quantitative estimate of drug-likeness (QED) is 0.677. The number of aryl methyl sites for hydroxylation is 3. The van der Waals surface area contributed by atoms with Gasteiger partial charge in [0.05, 0.1) is 24.3 Å². The second kappa shape index (κ2) is 8.43. The van der Waals surface area contributed by atoms with Crippen LogP contribution in [0.5, 0.6) is 5.75 Å². The highest BCUT2D eigenvalue weighted by atomic mass is 32.2. The summed E-state index contributed by atoms with van der Waals surface area (Å²) in [6.07, 6.45) is 0. The summed E-state index contributed by atoms with van der Waals surface area (Å²) in [6, 6.07) is 9.86. The third-order valence-corrected chi connectivity index (χ3v) is 5.87. The van der Waals surface area contributed by atoms with E-state index in [1.807, 2.05) is 32.9 Å². The van der Waals surface area contributed by atoms with Gasteiger partial charge in [0.25, 0.3) is 10.0 Å². The molecule has 146 valence electrons. The van der Waals surface area contributed by atoms with Crippen molar-refractivity contribution in [3.63, 3.8) is 0 Å². The van der Waals surface area contributed by atoms with Crippen LogP contribution in [0.15, 0.2) is 41.3 Å². The summed E-state index contributed by atoms with van der Waals surface area (Å²) < 4.78 is 37.9. The molecule has 0 atom stereocenters. The van der Waals surface area contributed by atoms with Crippen LogP contribution in [0.2, 0.25) is 0 Å². The number of hydrogen-bond donors (Lipinski definition) is 0. The normalized spacial score (nSPS) is 11.1. The van der Waals surface area contributed by atoms with Crippen LogP contribution in [0.1, 0.15) is 23.6 Å². The lowest BCUT2D eigenvalue weighted by Gasteiger charge is -2.27. The Labute approximate surface area is 160 Å². The summed E-state index contributed by atoms with van der Waals surface area (Å²) in [5, 5.41) is 0. The topological polar surface area (TPSA) is 72.9 Å². The number of rotatable bonds is 7. The number of carbonyl (C=O) groups is 1. The molecule has 0 radical (unpaired) electrons. The van der Waals surface area contributed by atoms with E-state index in [4.69, 9.17) is 9.47 Å². The lowest BCUT2D eigenvalue weighted by atomic mass is 10.1. The largest absolute Gasteiger partial charge is 0.497 e. The lowest BCUT2D eigenvalue weighted by Crippen LogP contribution is -2.37. The predicted octanol–water partition coefficient (Wildman–Crippen LogP) is 3.38. The van der Waals surface area contributed by atoms with Crippen molar-refractivity contribution in [1.29, 1.82) is 0 Å². The van der Waals surface area contributed by atoms with E-state index < -0.39 is 22.5 Å². The van der Waals surface area contributed by atoms with E-state index in [9.17, 15) is 13.2 Å². The SMILES string of the molecule is CCOC(=O)CN(c1c(C)cc(C)cc1C)S(=O)(=O)c1ccc(OC)cc1. The Bertz CT molecular complexity index is 897. The highest BCUT2D eigenvalue weighted by Gasteiger charge is 2.30. The van der Waals surface area contributed by atoms with Gasteiger partial charge in [0.15, 0.2) is 0 Å². The molecule has 0 unspecified atom stereocenters. The van der Waals surface area contributed by atoms with Gasteiger partial charge in [0.1, 0.15) is 12.3 Å². The molecular weight excluding hydrogens is 366 g/mol. The molecule has 0 aliphatic rings. The number of carbonyl (C=O) groups excluding carboxylic acids is 1. The fourth-order valence-corrected chi connectivity index (χ4v) is 4.59. The van der Waals surface area contributed by atoms with Gasteiger partial charge < -0.3 is 9.47 Å². The predicted molar refractivity (Wildman–Crippen MR) is 105 cm³/mol. The Morgan fingerprint density at radius 3 is 2.07 bits per heavy atom. The third-order valence-electron chi connectivity index (χ3n) is 4.11. The Balaban J connectivity index is 2.59. The summed E-state index contributed by atoms with van der Waals surface area (Å²) in [5.41, 5.74) is 3.05. The molecule has 0 aliphatic carbocycles. The minimum atomic E-state index is -3.97. The first-order chi connectivity index (χ1) is 12.7. The number of anilines is 1. The van der Waals surface area contributed by atoms with Gasteiger partial charge in [-0.25, -0.2) is 8.42 Å². The van der Waals surface area contributed by atoms with Crippen molar-refractivity contribution in [1.82, 2.24) is 0 Å². The molecule has 6 nitrogen and oxygen atoms in total. The first kappa shape index (κ1) is 20.8. The van der Waals surface area contributed by atoms with Crippen LogP contribution in [0.4, 0.5) is 5.69 Å². The molecule has 0 aromatic heterocycles. The molecule has 7 heteroatoms. The van der Waals surface area contributed by atoms with Crippen LogP contribution < -0.4 is 9.04 Å².